The van der Waals surface area contributed by atoms with Crippen LogP contribution < -0.4 is 4.90 Å². The Kier molecular flexibility index (Phi) is 7.09. The molecule has 0 heterocycles. The molecule has 0 aromatic heterocycles. The maximum atomic E-state index is 3.83. The summed E-state index contributed by atoms with van der Waals surface area (Å²) in [4.78, 5) is 2.35. The third-order valence-electron chi connectivity index (χ3n) is 6.05. The van der Waals surface area contributed by atoms with Crippen molar-refractivity contribution >= 4 is 17.1 Å². The lowest BCUT2D eigenvalue weighted by Crippen LogP contribution is -2.26. The van der Waals surface area contributed by atoms with Gasteiger partial charge in [-0.1, -0.05) is 100 Å². The number of nitrogens with zero attached hydrogens (tertiary/aromatic N) is 1. The van der Waals surface area contributed by atoms with Crippen molar-refractivity contribution in [3.63, 3.8) is 0 Å². The van der Waals surface area contributed by atoms with Gasteiger partial charge in [0.05, 0.1) is 0 Å². The van der Waals surface area contributed by atoms with Gasteiger partial charge in [0.25, 0.3) is 0 Å². The molecule has 0 saturated carbocycles. The zero-order valence-electron chi connectivity index (χ0n) is 20.5. The van der Waals surface area contributed by atoms with Crippen LogP contribution in [0.5, 0.6) is 0 Å². The summed E-state index contributed by atoms with van der Waals surface area (Å²) < 4.78 is 0. The van der Waals surface area contributed by atoms with Crippen LogP contribution in [0, 0.1) is 19.3 Å². The van der Waals surface area contributed by atoms with E-state index in [9.17, 15) is 0 Å². The van der Waals surface area contributed by atoms with Crippen molar-refractivity contribution in [3.8, 4) is 0 Å². The van der Waals surface area contributed by atoms with Gasteiger partial charge in [-0.3, -0.25) is 0 Å². The average Bonchev–Trinajstić information content (AvgIpc) is 2.75. The first-order valence-corrected chi connectivity index (χ1v) is 11.5. The maximum Gasteiger partial charge on any atom is 0.0464 e. The lowest BCUT2D eigenvalue weighted by molar-refractivity contribution is 0.321. The number of hydrogen-bond donors (Lipinski definition) is 0. The molecule has 0 amide bonds. The molecular weight excluding hydrogens is 386 g/mol. The topological polar surface area (TPSA) is 3.24 Å². The summed E-state index contributed by atoms with van der Waals surface area (Å²) in [5.74, 6) is 0. The Labute approximate surface area is 195 Å². The van der Waals surface area contributed by atoms with Gasteiger partial charge in [-0.2, -0.15) is 0 Å². The molecule has 0 bridgehead atoms. The summed E-state index contributed by atoms with van der Waals surface area (Å²) in [6.45, 7) is 17.4. The second-order valence-corrected chi connectivity index (χ2v) is 10.2. The molecule has 0 spiro atoms. The number of anilines is 3. The lowest BCUT2D eigenvalue weighted by atomic mass is 9.71. The third kappa shape index (κ3) is 5.79. The Morgan fingerprint density at radius 2 is 1.28 bits per heavy atom. The molecule has 3 rings (SSSR count). The number of rotatable bonds is 8. The molecule has 1 heteroatoms. The maximum absolute atomic E-state index is 3.83. The molecular formula is C31H37N. The van der Waals surface area contributed by atoms with Crippen LogP contribution in [0.3, 0.4) is 0 Å². The summed E-state index contributed by atoms with van der Waals surface area (Å²) in [6.07, 6.45) is 7.22. The van der Waals surface area contributed by atoms with Crippen LogP contribution in [0.4, 0.5) is 17.1 Å². The minimum Gasteiger partial charge on any atom is -0.310 e. The van der Waals surface area contributed by atoms with Crippen LogP contribution >= 0.6 is 0 Å². The molecule has 0 unspecified atom stereocenters. The fraction of sp³-hybridized carbons (Fsp3) is 0.290. The van der Waals surface area contributed by atoms with E-state index in [0.29, 0.717) is 0 Å². The molecule has 32 heavy (non-hydrogen) atoms. The monoisotopic (exact) mass is 423 g/mol. The number of aryl methyl sites for hydroxylation is 2. The van der Waals surface area contributed by atoms with Gasteiger partial charge >= 0.3 is 0 Å². The molecule has 1 nitrogen and oxygen atoms in total. The molecule has 0 aliphatic carbocycles. The molecule has 0 aliphatic heterocycles. The molecule has 0 N–H and O–H groups in total. The smallest absolute Gasteiger partial charge is 0.0464 e. The van der Waals surface area contributed by atoms with Crippen LogP contribution in [0.15, 0.2) is 97.6 Å². The van der Waals surface area contributed by atoms with Gasteiger partial charge in [0.1, 0.15) is 0 Å². The number of hydrogen-bond acceptors (Lipinski definition) is 1. The van der Waals surface area contributed by atoms with Gasteiger partial charge in [-0.15, -0.1) is 0 Å². The van der Waals surface area contributed by atoms with Crippen molar-refractivity contribution in [1.29, 1.82) is 0 Å². The van der Waals surface area contributed by atoms with E-state index in [-0.39, 0.29) is 10.8 Å². The van der Waals surface area contributed by atoms with Gasteiger partial charge in [-0.05, 0) is 73.1 Å². The summed E-state index contributed by atoms with van der Waals surface area (Å²) >= 11 is 0. The molecule has 166 valence electrons. The summed E-state index contributed by atoms with van der Waals surface area (Å²) in [5.41, 5.74) is 7.51. The summed E-state index contributed by atoms with van der Waals surface area (Å²) in [7, 11) is 0. The van der Waals surface area contributed by atoms with E-state index in [1.807, 2.05) is 6.08 Å². The molecule has 0 fully saturated rings. The van der Waals surface area contributed by atoms with Gasteiger partial charge in [0, 0.05) is 17.1 Å². The zero-order valence-corrected chi connectivity index (χ0v) is 20.5. The Hall–Kier alpha value is -3.06. The SMILES string of the molecule is C=C/C=C/C(C)(C)CC(C)(C)c1cccc(N(c2ccc(C)cc2)c2ccc(C)cc2)c1. The van der Waals surface area contributed by atoms with E-state index in [0.717, 1.165) is 6.42 Å². The fourth-order valence-electron chi connectivity index (χ4n) is 4.53. The Morgan fingerprint density at radius 1 is 0.750 bits per heavy atom. The first kappa shape index (κ1) is 23.6. The zero-order chi connectivity index (χ0) is 23.4. The van der Waals surface area contributed by atoms with Crippen molar-refractivity contribution in [2.75, 3.05) is 4.90 Å². The van der Waals surface area contributed by atoms with Gasteiger partial charge in [0.15, 0.2) is 0 Å². The number of benzene rings is 3. The predicted octanol–water partition coefficient (Wildman–Crippen LogP) is 9.21. The van der Waals surface area contributed by atoms with Gasteiger partial charge in [0.2, 0.25) is 0 Å². The van der Waals surface area contributed by atoms with Crippen LogP contribution in [0.2, 0.25) is 0 Å². The minimum absolute atomic E-state index is 0.0250. The van der Waals surface area contributed by atoms with E-state index >= 15 is 0 Å². The Morgan fingerprint density at radius 3 is 1.78 bits per heavy atom. The summed E-state index contributed by atoms with van der Waals surface area (Å²) in [5, 5.41) is 0. The fourth-order valence-corrected chi connectivity index (χ4v) is 4.53. The quantitative estimate of drug-likeness (QED) is 0.326. The third-order valence-corrected chi connectivity index (χ3v) is 6.05. The van der Waals surface area contributed by atoms with E-state index in [4.69, 9.17) is 0 Å². The molecule has 0 radical (unpaired) electrons. The van der Waals surface area contributed by atoms with E-state index < -0.39 is 0 Å². The van der Waals surface area contributed by atoms with Crippen molar-refractivity contribution in [1.82, 2.24) is 0 Å². The van der Waals surface area contributed by atoms with E-state index in [1.165, 1.54) is 33.8 Å². The standard InChI is InChI=1S/C31H37N/c1-8-9-21-30(4,5)23-31(6,7)26-11-10-12-29(22-26)32(27-17-13-24(2)14-18-27)28-19-15-25(3)16-20-28/h8-22H,1,23H2,2-7H3/b21-9+. The van der Waals surface area contributed by atoms with E-state index in [1.54, 1.807) is 0 Å². The van der Waals surface area contributed by atoms with Crippen LogP contribution in [-0.2, 0) is 5.41 Å². The van der Waals surface area contributed by atoms with Gasteiger partial charge < -0.3 is 4.90 Å². The summed E-state index contributed by atoms with van der Waals surface area (Å²) in [6, 6.07) is 26.6. The molecule has 3 aromatic carbocycles. The number of allylic oxidation sites excluding steroid dienone is 3. The van der Waals surface area contributed by atoms with Crippen LogP contribution in [0.1, 0.15) is 50.8 Å². The van der Waals surface area contributed by atoms with Gasteiger partial charge in [-0.25, -0.2) is 0 Å². The molecule has 0 atom stereocenters. The first-order chi connectivity index (χ1) is 15.1. The Balaban J connectivity index is 2.04. The van der Waals surface area contributed by atoms with Crippen LogP contribution in [0.25, 0.3) is 0 Å². The first-order valence-electron chi connectivity index (χ1n) is 11.5. The highest BCUT2D eigenvalue weighted by Crippen LogP contribution is 2.41. The average molecular weight is 424 g/mol. The predicted molar refractivity (Wildman–Crippen MR) is 141 cm³/mol. The molecule has 0 saturated heterocycles. The Bertz CT molecular complexity index is 1020. The normalized spacial score (nSPS) is 12.2. The highest BCUT2D eigenvalue weighted by Gasteiger charge is 2.29. The highest BCUT2D eigenvalue weighted by atomic mass is 15.1. The van der Waals surface area contributed by atoms with Crippen LogP contribution in [-0.4, -0.2) is 0 Å². The molecule has 3 aromatic rings. The minimum atomic E-state index is 0.0250. The van der Waals surface area contributed by atoms with Crippen molar-refractivity contribution < 1.29 is 0 Å². The molecule has 0 aliphatic rings. The van der Waals surface area contributed by atoms with Crippen molar-refractivity contribution in [3.05, 3.63) is 114 Å². The van der Waals surface area contributed by atoms with E-state index in [2.05, 4.69) is 138 Å². The second-order valence-electron chi connectivity index (χ2n) is 10.2. The second kappa shape index (κ2) is 9.61. The van der Waals surface area contributed by atoms with Crippen molar-refractivity contribution in [2.24, 2.45) is 5.41 Å². The lowest BCUT2D eigenvalue weighted by Gasteiger charge is -2.35. The highest BCUT2D eigenvalue weighted by molar-refractivity contribution is 5.77. The largest absolute Gasteiger partial charge is 0.310 e. The van der Waals surface area contributed by atoms with Crippen molar-refractivity contribution in [2.45, 2.75) is 53.4 Å².